The summed E-state index contributed by atoms with van der Waals surface area (Å²) in [5.41, 5.74) is 1.32. The lowest BCUT2D eigenvalue weighted by Crippen LogP contribution is -2.13. The topological polar surface area (TPSA) is 122 Å². The molecule has 0 radical (unpaired) electrons. The molecule has 4 aromatic rings. The predicted octanol–water partition coefficient (Wildman–Crippen LogP) is 6.10. The number of rotatable bonds is 7. The standard InChI is InChI=1S/C24H15ClN4O4S/c25-18-6-4-15(5-7-18)10-21-14-27-24(34-21)28-23(30)17(13-26)12-20-8-9-22(33-20)16-2-1-3-19(11-16)29(31)32/h1-9,11-12,14H,10H2,(H,27,28,30)/b17-12+. The number of carbonyl (C=O) groups is 1. The van der Waals surface area contributed by atoms with Crippen LogP contribution in [0.15, 0.2) is 76.9 Å². The third-order valence-corrected chi connectivity index (χ3v) is 5.85. The van der Waals surface area contributed by atoms with Crippen molar-refractivity contribution in [3.8, 4) is 17.4 Å². The van der Waals surface area contributed by atoms with Crippen LogP contribution >= 0.6 is 22.9 Å². The molecule has 0 saturated carbocycles. The van der Waals surface area contributed by atoms with Crippen LogP contribution in [0, 0.1) is 21.4 Å². The van der Waals surface area contributed by atoms with Crippen LogP contribution in [-0.2, 0) is 11.2 Å². The number of nitrogens with one attached hydrogen (secondary N) is 1. The number of hydrogen-bond donors (Lipinski definition) is 1. The molecule has 0 fully saturated rings. The molecule has 0 bridgehead atoms. The number of furan rings is 1. The minimum absolute atomic E-state index is 0.0676. The number of carbonyl (C=O) groups excluding carboxylic acids is 1. The lowest BCUT2D eigenvalue weighted by atomic mass is 10.1. The monoisotopic (exact) mass is 490 g/mol. The van der Waals surface area contributed by atoms with Gasteiger partial charge >= 0.3 is 0 Å². The summed E-state index contributed by atoms with van der Waals surface area (Å²) >= 11 is 7.22. The second-order valence-corrected chi connectivity index (χ2v) is 8.62. The lowest BCUT2D eigenvalue weighted by Gasteiger charge is -2.00. The highest BCUT2D eigenvalue weighted by Gasteiger charge is 2.14. The van der Waals surface area contributed by atoms with E-state index in [4.69, 9.17) is 16.0 Å². The summed E-state index contributed by atoms with van der Waals surface area (Å²) in [5, 5.41) is 24.1. The number of thiazole rings is 1. The maximum absolute atomic E-state index is 12.6. The van der Waals surface area contributed by atoms with Crippen molar-refractivity contribution >= 4 is 45.7 Å². The summed E-state index contributed by atoms with van der Waals surface area (Å²) in [7, 11) is 0. The molecule has 0 aliphatic carbocycles. The number of amides is 1. The first-order chi connectivity index (χ1) is 16.4. The molecule has 2 aromatic heterocycles. The van der Waals surface area contributed by atoms with Gasteiger partial charge in [-0.3, -0.25) is 20.2 Å². The Morgan fingerprint density at radius 1 is 1.24 bits per heavy atom. The van der Waals surface area contributed by atoms with E-state index in [0.717, 1.165) is 10.4 Å². The predicted molar refractivity (Wildman–Crippen MR) is 129 cm³/mol. The van der Waals surface area contributed by atoms with E-state index in [-0.39, 0.29) is 17.0 Å². The van der Waals surface area contributed by atoms with E-state index in [2.05, 4.69) is 10.3 Å². The van der Waals surface area contributed by atoms with Gasteiger partial charge in [0.05, 0.1) is 4.92 Å². The largest absolute Gasteiger partial charge is 0.457 e. The molecule has 8 nitrogen and oxygen atoms in total. The van der Waals surface area contributed by atoms with Crippen molar-refractivity contribution in [1.82, 2.24) is 4.98 Å². The number of nitrogens with zero attached hydrogens (tertiary/aromatic N) is 3. The summed E-state index contributed by atoms with van der Waals surface area (Å²) in [6.45, 7) is 0. The number of non-ortho nitro benzene ring substituents is 1. The third kappa shape index (κ3) is 5.56. The zero-order valence-electron chi connectivity index (χ0n) is 17.4. The highest BCUT2D eigenvalue weighted by atomic mass is 35.5. The number of nitriles is 1. The van der Waals surface area contributed by atoms with Gasteiger partial charge in [-0.2, -0.15) is 5.26 Å². The van der Waals surface area contributed by atoms with Gasteiger partial charge in [-0.1, -0.05) is 35.9 Å². The van der Waals surface area contributed by atoms with Crippen molar-refractivity contribution in [3.63, 3.8) is 0 Å². The van der Waals surface area contributed by atoms with Crippen molar-refractivity contribution in [3.05, 3.63) is 104 Å². The molecule has 0 aliphatic rings. The first kappa shape index (κ1) is 22.9. The van der Waals surface area contributed by atoms with E-state index in [1.54, 1.807) is 30.5 Å². The molecule has 1 amide bonds. The second-order valence-electron chi connectivity index (χ2n) is 7.07. The second kappa shape index (κ2) is 10.1. The number of aromatic nitrogens is 1. The Morgan fingerprint density at radius 3 is 2.76 bits per heavy atom. The Bertz CT molecular complexity index is 1430. The summed E-state index contributed by atoms with van der Waals surface area (Å²) in [6, 6.07) is 18.5. The zero-order chi connectivity index (χ0) is 24.1. The van der Waals surface area contributed by atoms with E-state index in [9.17, 15) is 20.2 Å². The highest BCUT2D eigenvalue weighted by Crippen LogP contribution is 2.27. The van der Waals surface area contributed by atoms with Crippen LogP contribution in [0.25, 0.3) is 17.4 Å². The minimum Gasteiger partial charge on any atom is -0.457 e. The molecule has 34 heavy (non-hydrogen) atoms. The minimum atomic E-state index is -0.622. The number of hydrogen-bond acceptors (Lipinski definition) is 7. The van der Waals surface area contributed by atoms with E-state index in [0.29, 0.717) is 27.9 Å². The maximum atomic E-state index is 12.6. The van der Waals surface area contributed by atoms with Crippen molar-refractivity contribution in [2.45, 2.75) is 6.42 Å². The summed E-state index contributed by atoms with van der Waals surface area (Å²) in [6.07, 6.45) is 3.61. The Morgan fingerprint density at radius 2 is 2.03 bits per heavy atom. The fourth-order valence-electron chi connectivity index (χ4n) is 3.06. The van der Waals surface area contributed by atoms with Gasteiger partial charge in [0.25, 0.3) is 11.6 Å². The SMILES string of the molecule is N#C/C(=C\c1ccc(-c2cccc([N+](=O)[O-])c2)o1)C(=O)Nc1ncc(Cc2ccc(Cl)cc2)s1. The fraction of sp³-hybridized carbons (Fsp3) is 0.0417. The summed E-state index contributed by atoms with van der Waals surface area (Å²) in [5.74, 6) is 0.0124. The number of anilines is 1. The Balaban J connectivity index is 1.45. The molecular weight excluding hydrogens is 476 g/mol. The zero-order valence-corrected chi connectivity index (χ0v) is 19.0. The molecule has 0 aliphatic heterocycles. The van der Waals surface area contributed by atoms with Gasteiger partial charge in [0, 0.05) is 46.3 Å². The van der Waals surface area contributed by atoms with Crippen LogP contribution < -0.4 is 5.32 Å². The Kier molecular flexibility index (Phi) is 6.82. The fourth-order valence-corrected chi connectivity index (χ4v) is 4.03. The number of nitro groups is 1. The third-order valence-electron chi connectivity index (χ3n) is 4.69. The van der Waals surface area contributed by atoms with Crippen LogP contribution in [0.4, 0.5) is 10.8 Å². The molecule has 0 spiro atoms. The van der Waals surface area contributed by atoms with Crippen LogP contribution in [0.1, 0.15) is 16.2 Å². The summed E-state index contributed by atoms with van der Waals surface area (Å²) in [4.78, 5) is 28.2. The average molecular weight is 491 g/mol. The first-order valence-electron chi connectivity index (χ1n) is 9.88. The van der Waals surface area contributed by atoms with E-state index < -0.39 is 10.8 Å². The van der Waals surface area contributed by atoms with Gasteiger partial charge in [0.2, 0.25) is 0 Å². The number of halogens is 1. The molecule has 0 atom stereocenters. The van der Waals surface area contributed by atoms with Crippen LogP contribution in [0.5, 0.6) is 0 Å². The van der Waals surface area contributed by atoms with E-state index in [1.807, 2.05) is 30.3 Å². The molecule has 0 saturated heterocycles. The van der Waals surface area contributed by atoms with Gasteiger partial charge in [0.15, 0.2) is 5.13 Å². The van der Waals surface area contributed by atoms with Crippen LogP contribution in [0.2, 0.25) is 5.02 Å². The van der Waals surface area contributed by atoms with Gasteiger partial charge in [-0.05, 0) is 29.8 Å². The molecule has 4 rings (SSSR count). The smallest absolute Gasteiger partial charge is 0.270 e. The molecule has 10 heteroatoms. The molecule has 1 N–H and O–H groups in total. The van der Waals surface area contributed by atoms with Crippen molar-refractivity contribution in [2.24, 2.45) is 0 Å². The average Bonchev–Trinajstić information content (AvgIpc) is 3.48. The quantitative estimate of drug-likeness (QED) is 0.144. The Labute approximate surface area is 202 Å². The van der Waals surface area contributed by atoms with Crippen LogP contribution in [-0.4, -0.2) is 15.8 Å². The molecule has 0 unspecified atom stereocenters. The number of benzene rings is 2. The van der Waals surface area contributed by atoms with Crippen molar-refractivity contribution in [1.29, 1.82) is 5.26 Å². The van der Waals surface area contributed by atoms with E-state index >= 15 is 0 Å². The Hall–Kier alpha value is -4.26. The first-order valence-corrected chi connectivity index (χ1v) is 11.1. The van der Waals surface area contributed by atoms with Gasteiger partial charge in [-0.25, -0.2) is 4.98 Å². The molecular formula is C24H15ClN4O4S. The van der Waals surface area contributed by atoms with Gasteiger partial charge in [0.1, 0.15) is 23.2 Å². The van der Waals surface area contributed by atoms with E-state index in [1.165, 1.54) is 29.5 Å². The maximum Gasteiger partial charge on any atom is 0.270 e. The molecule has 2 aromatic carbocycles. The highest BCUT2D eigenvalue weighted by molar-refractivity contribution is 7.15. The van der Waals surface area contributed by atoms with Crippen molar-refractivity contribution < 1.29 is 14.1 Å². The molecule has 2 heterocycles. The van der Waals surface area contributed by atoms with Gasteiger partial charge < -0.3 is 4.42 Å². The number of nitro benzene ring substituents is 1. The normalized spacial score (nSPS) is 11.1. The summed E-state index contributed by atoms with van der Waals surface area (Å²) < 4.78 is 5.66. The van der Waals surface area contributed by atoms with Crippen LogP contribution in [0.3, 0.4) is 0 Å². The molecule has 168 valence electrons. The lowest BCUT2D eigenvalue weighted by molar-refractivity contribution is -0.384. The van der Waals surface area contributed by atoms with Gasteiger partial charge in [-0.15, -0.1) is 11.3 Å². The van der Waals surface area contributed by atoms with Crippen molar-refractivity contribution in [2.75, 3.05) is 5.32 Å².